The zero-order valence-corrected chi connectivity index (χ0v) is 18.3. The second kappa shape index (κ2) is 7.86. The molecule has 0 radical (unpaired) electrons. The molecule has 2 heterocycles. The highest BCUT2D eigenvalue weighted by molar-refractivity contribution is 6.12. The minimum atomic E-state index is -2.95. The van der Waals surface area contributed by atoms with Gasteiger partial charge in [0.25, 0.3) is 5.92 Å². The third-order valence-electron chi connectivity index (χ3n) is 5.18. The van der Waals surface area contributed by atoms with E-state index >= 15 is 0 Å². The number of carbonyl (C=O) groups excluding carboxylic acids is 1. The van der Waals surface area contributed by atoms with Gasteiger partial charge in [-0.2, -0.15) is 0 Å². The number of ether oxygens (including phenoxy) is 1. The second-order valence-electron chi connectivity index (χ2n) is 8.83. The number of hydrogen-bond acceptors (Lipinski definition) is 4. The van der Waals surface area contributed by atoms with Crippen molar-refractivity contribution in [1.82, 2.24) is 0 Å². The highest BCUT2D eigenvalue weighted by Crippen LogP contribution is 2.32. The molecule has 0 N–H and O–H groups in total. The van der Waals surface area contributed by atoms with Crippen LogP contribution < -0.4 is 0 Å². The molecule has 1 aliphatic rings. The molecule has 0 bridgehead atoms. The lowest BCUT2D eigenvalue weighted by molar-refractivity contribution is -0.129. The Morgan fingerprint density at radius 3 is 2.25 bits per heavy atom. The molecule has 2 aromatic carbocycles. The molecule has 0 saturated carbocycles. The van der Waals surface area contributed by atoms with Crippen LogP contribution in [0.15, 0.2) is 75.8 Å². The number of nitrogens with zero attached hydrogens (tertiary/aromatic N) is 1. The van der Waals surface area contributed by atoms with E-state index in [2.05, 4.69) is 25.8 Å². The predicted molar refractivity (Wildman–Crippen MR) is 119 cm³/mol. The molecule has 32 heavy (non-hydrogen) atoms. The largest absolute Gasteiger partial charge is 0.457 e. The number of hydrogen-bond donors (Lipinski definition) is 0. The number of aliphatic imine (C=N–C) groups is 1. The van der Waals surface area contributed by atoms with Crippen molar-refractivity contribution < 1.29 is 22.7 Å². The van der Waals surface area contributed by atoms with Crippen LogP contribution in [0.3, 0.4) is 0 Å². The van der Waals surface area contributed by atoms with Crippen molar-refractivity contribution in [1.29, 1.82) is 0 Å². The first-order chi connectivity index (χ1) is 15.0. The van der Waals surface area contributed by atoms with Crippen molar-refractivity contribution in [3.8, 4) is 11.3 Å². The van der Waals surface area contributed by atoms with Gasteiger partial charge in [-0.3, -0.25) is 0 Å². The smallest absolute Gasteiger partial charge is 0.363 e. The maximum atomic E-state index is 13.6. The van der Waals surface area contributed by atoms with Crippen molar-refractivity contribution in [3.05, 3.63) is 88.8 Å². The van der Waals surface area contributed by atoms with Crippen LogP contribution >= 0.6 is 0 Å². The van der Waals surface area contributed by atoms with Crippen LogP contribution in [0, 0.1) is 0 Å². The Morgan fingerprint density at radius 2 is 1.59 bits per heavy atom. The lowest BCUT2D eigenvalue weighted by atomic mass is 9.87. The summed E-state index contributed by atoms with van der Waals surface area (Å²) in [6, 6.07) is 17.0. The van der Waals surface area contributed by atoms with E-state index in [4.69, 9.17) is 9.15 Å². The van der Waals surface area contributed by atoms with Crippen LogP contribution in [0.1, 0.15) is 50.1 Å². The Kier molecular flexibility index (Phi) is 5.33. The molecule has 1 aromatic heterocycles. The second-order valence-corrected chi connectivity index (χ2v) is 8.83. The normalized spacial score (nSPS) is 15.8. The van der Waals surface area contributed by atoms with Gasteiger partial charge in [0.2, 0.25) is 5.90 Å². The van der Waals surface area contributed by atoms with Gasteiger partial charge in [0.05, 0.1) is 0 Å². The van der Waals surface area contributed by atoms with Crippen molar-refractivity contribution in [2.24, 2.45) is 4.99 Å². The SMILES string of the molecule is CC(C)(C)c1ccc(C2=N/C(=C\c3ccc(-c4cccc(C(C)(F)F)c4)o3)C(=O)O2)cc1. The fourth-order valence-corrected chi connectivity index (χ4v) is 3.31. The first kappa shape index (κ1) is 21.7. The van der Waals surface area contributed by atoms with Gasteiger partial charge in [-0.05, 0) is 41.3 Å². The van der Waals surface area contributed by atoms with Gasteiger partial charge in [0.1, 0.15) is 11.5 Å². The number of cyclic esters (lactones) is 1. The zero-order chi connectivity index (χ0) is 23.1. The Labute approximate surface area is 185 Å². The standard InChI is InChI=1S/C26H23F2NO3/c1-25(2,3)18-10-8-16(9-11-18)23-29-21(24(30)32-23)15-20-12-13-22(31-20)17-6-5-7-19(14-17)26(4,27)28/h5-15H,1-4H3/b21-15-. The molecule has 6 heteroatoms. The van der Waals surface area contributed by atoms with E-state index in [0.717, 1.165) is 12.5 Å². The average Bonchev–Trinajstić information content (AvgIpc) is 3.34. The van der Waals surface area contributed by atoms with Gasteiger partial charge in [0.15, 0.2) is 5.70 Å². The fourth-order valence-electron chi connectivity index (χ4n) is 3.31. The lowest BCUT2D eigenvalue weighted by Crippen LogP contribution is -2.11. The summed E-state index contributed by atoms with van der Waals surface area (Å²) in [5.74, 6) is -2.51. The number of halogens is 2. The molecule has 4 nitrogen and oxygen atoms in total. The summed E-state index contributed by atoms with van der Waals surface area (Å²) in [6.07, 6.45) is 1.47. The van der Waals surface area contributed by atoms with E-state index in [1.54, 1.807) is 24.3 Å². The maximum Gasteiger partial charge on any atom is 0.363 e. The van der Waals surface area contributed by atoms with E-state index in [-0.39, 0.29) is 22.6 Å². The van der Waals surface area contributed by atoms with Gasteiger partial charge < -0.3 is 9.15 Å². The molecule has 0 unspecified atom stereocenters. The summed E-state index contributed by atoms with van der Waals surface area (Å²) in [6.45, 7) is 7.22. The number of carbonyl (C=O) groups is 1. The molecule has 4 rings (SSSR count). The summed E-state index contributed by atoms with van der Waals surface area (Å²) in [5.41, 5.74) is 2.40. The van der Waals surface area contributed by atoms with E-state index < -0.39 is 11.9 Å². The van der Waals surface area contributed by atoms with Crippen LogP contribution in [0.4, 0.5) is 8.78 Å². The van der Waals surface area contributed by atoms with Gasteiger partial charge in [-0.15, -0.1) is 0 Å². The highest BCUT2D eigenvalue weighted by Gasteiger charge is 2.26. The van der Waals surface area contributed by atoms with Crippen LogP contribution in [-0.4, -0.2) is 11.9 Å². The van der Waals surface area contributed by atoms with Gasteiger partial charge >= 0.3 is 5.97 Å². The zero-order valence-electron chi connectivity index (χ0n) is 18.3. The van der Waals surface area contributed by atoms with Crippen LogP contribution in [-0.2, 0) is 20.9 Å². The summed E-state index contributed by atoms with van der Waals surface area (Å²) in [5, 5.41) is 0. The van der Waals surface area contributed by atoms with Gasteiger partial charge in [-0.25, -0.2) is 18.6 Å². The lowest BCUT2D eigenvalue weighted by Gasteiger charge is -2.18. The Hall–Kier alpha value is -3.54. The molecule has 164 valence electrons. The van der Waals surface area contributed by atoms with Gasteiger partial charge in [0, 0.05) is 29.7 Å². The summed E-state index contributed by atoms with van der Waals surface area (Å²) in [7, 11) is 0. The molecule has 0 saturated heterocycles. The van der Waals surface area contributed by atoms with Crippen LogP contribution in [0.5, 0.6) is 0 Å². The molecule has 0 aliphatic carbocycles. The minimum absolute atomic E-state index is 0.0152. The van der Waals surface area contributed by atoms with Gasteiger partial charge in [-0.1, -0.05) is 51.1 Å². The van der Waals surface area contributed by atoms with Crippen LogP contribution in [0.2, 0.25) is 0 Å². The molecule has 1 aliphatic heterocycles. The first-order valence-corrected chi connectivity index (χ1v) is 10.2. The molecule has 0 spiro atoms. The quantitative estimate of drug-likeness (QED) is 0.338. The summed E-state index contributed by atoms with van der Waals surface area (Å²) >= 11 is 0. The Morgan fingerprint density at radius 1 is 0.875 bits per heavy atom. The van der Waals surface area contributed by atoms with E-state index in [1.165, 1.54) is 18.2 Å². The first-order valence-electron chi connectivity index (χ1n) is 10.2. The topological polar surface area (TPSA) is 51.8 Å². The predicted octanol–water partition coefficient (Wildman–Crippen LogP) is 6.70. The molecule has 0 atom stereocenters. The Balaban J connectivity index is 1.58. The highest BCUT2D eigenvalue weighted by atomic mass is 19.3. The average molecular weight is 435 g/mol. The maximum absolute atomic E-state index is 13.6. The van der Waals surface area contributed by atoms with E-state index in [9.17, 15) is 13.6 Å². The number of benzene rings is 2. The van der Waals surface area contributed by atoms with Crippen molar-refractivity contribution in [3.63, 3.8) is 0 Å². The number of alkyl halides is 2. The molecule has 0 fully saturated rings. The van der Waals surface area contributed by atoms with E-state index in [0.29, 0.717) is 22.6 Å². The Bertz CT molecular complexity index is 1220. The molecular formula is C26H23F2NO3. The third-order valence-corrected chi connectivity index (χ3v) is 5.18. The number of esters is 1. The van der Waals surface area contributed by atoms with Crippen molar-refractivity contribution in [2.75, 3.05) is 0 Å². The van der Waals surface area contributed by atoms with Crippen LogP contribution in [0.25, 0.3) is 17.4 Å². The fraction of sp³-hybridized carbons (Fsp3) is 0.231. The summed E-state index contributed by atoms with van der Waals surface area (Å²) < 4.78 is 38.3. The molecule has 0 amide bonds. The molecular weight excluding hydrogens is 412 g/mol. The molecule has 3 aromatic rings. The monoisotopic (exact) mass is 435 g/mol. The summed E-state index contributed by atoms with van der Waals surface area (Å²) in [4.78, 5) is 16.6. The number of furan rings is 1. The van der Waals surface area contributed by atoms with Crippen molar-refractivity contribution in [2.45, 2.75) is 39.0 Å². The van der Waals surface area contributed by atoms with Crippen molar-refractivity contribution >= 4 is 17.9 Å². The minimum Gasteiger partial charge on any atom is -0.457 e. The number of rotatable bonds is 4. The third kappa shape index (κ3) is 4.54. The van der Waals surface area contributed by atoms with E-state index in [1.807, 2.05) is 24.3 Å².